The average Bonchev–Trinajstić information content (AvgIpc) is 2.44. The lowest BCUT2D eigenvalue weighted by Gasteiger charge is -2.37. The molecule has 0 aromatic heterocycles. The van der Waals surface area contributed by atoms with Crippen LogP contribution in [0.2, 0.25) is 0 Å². The molecule has 118 valence electrons. The summed E-state index contributed by atoms with van der Waals surface area (Å²) in [6.07, 6.45) is 2.64. The van der Waals surface area contributed by atoms with Gasteiger partial charge in [-0.15, -0.1) is 0 Å². The number of likely N-dealkylation sites (N-methyl/N-ethyl adjacent to an activating group) is 2. The minimum atomic E-state index is 0.421. The van der Waals surface area contributed by atoms with Crippen molar-refractivity contribution in [3.63, 3.8) is 0 Å². The molecule has 1 N–H and O–H groups in total. The van der Waals surface area contributed by atoms with Crippen LogP contribution in [0.5, 0.6) is 0 Å². The number of hydrogen-bond donors (Lipinski definition) is 1. The van der Waals surface area contributed by atoms with E-state index in [1.54, 1.807) is 0 Å². The summed E-state index contributed by atoms with van der Waals surface area (Å²) in [4.78, 5) is 4.99. The second-order valence-electron chi connectivity index (χ2n) is 6.78. The fourth-order valence-electron chi connectivity index (χ4n) is 3.45. The number of benzene rings is 1. The van der Waals surface area contributed by atoms with Crippen LogP contribution in [0.4, 0.5) is 0 Å². The van der Waals surface area contributed by atoms with Crippen LogP contribution >= 0.6 is 0 Å². The number of hydrogen-bond acceptors (Lipinski definition) is 3. The van der Waals surface area contributed by atoms with Gasteiger partial charge in [0.2, 0.25) is 0 Å². The minimum absolute atomic E-state index is 0.421. The Hall–Kier alpha value is -0.900. The lowest BCUT2D eigenvalue weighted by molar-refractivity contribution is 0.124. The molecule has 1 aliphatic rings. The van der Waals surface area contributed by atoms with Crippen LogP contribution in [0.3, 0.4) is 0 Å². The molecule has 0 bridgehead atoms. The van der Waals surface area contributed by atoms with Crippen molar-refractivity contribution in [2.75, 3.05) is 40.8 Å². The molecule has 0 radical (unpaired) electrons. The lowest BCUT2D eigenvalue weighted by Crippen LogP contribution is -2.47. The molecule has 2 rings (SSSR count). The quantitative estimate of drug-likeness (QED) is 0.899. The van der Waals surface area contributed by atoms with E-state index in [0.717, 1.165) is 6.54 Å². The first-order valence-corrected chi connectivity index (χ1v) is 8.14. The van der Waals surface area contributed by atoms with Crippen LogP contribution in [0.15, 0.2) is 18.2 Å². The second kappa shape index (κ2) is 7.39. The lowest BCUT2D eigenvalue weighted by atomic mass is 9.99. The molecule has 0 saturated carbocycles. The van der Waals surface area contributed by atoms with Gasteiger partial charge in [0.15, 0.2) is 0 Å². The number of aryl methyl sites for hydroxylation is 2. The van der Waals surface area contributed by atoms with Gasteiger partial charge in [-0.1, -0.05) is 29.3 Å². The maximum absolute atomic E-state index is 3.51. The first kappa shape index (κ1) is 16.5. The van der Waals surface area contributed by atoms with Gasteiger partial charge in [0.05, 0.1) is 0 Å². The van der Waals surface area contributed by atoms with Crippen molar-refractivity contribution in [3.8, 4) is 0 Å². The van der Waals surface area contributed by atoms with E-state index in [9.17, 15) is 0 Å². The molecule has 3 nitrogen and oxygen atoms in total. The SMILES string of the molecule is CNC(CN1CCCC(N(C)C)C1)c1cc(C)cc(C)c1. The zero-order valence-corrected chi connectivity index (χ0v) is 14.3. The monoisotopic (exact) mass is 289 g/mol. The molecule has 1 fully saturated rings. The Kier molecular flexibility index (Phi) is 5.80. The van der Waals surface area contributed by atoms with Gasteiger partial charge in [-0.25, -0.2) is 0 Å². The molecule has 1 aromatic carbocycles. The Morgan fingerprint density at radius 3 is 2.48 bits per heavy atom. The van der Waals surface area contributed by atoms with E-state index in [1.165, 1.54) is 42.6 Å². The molecule has 1 heterocycles. The van der Waals surface area contributed by atoms with E-state index in [4.69, 9.17) is 0 Å². The van der Waals surface area contributed by atoms with Crippen LogP contribution in [-0.2, 0) is 0 Å². The van der Waals surface area contributed by atoms with E-state index in [2.05, 4.69) is 68.3 Å². The normalized spacial score (nSPS) is 21.7. The highest BCUT2D eigenvalue weighted by molar-refractivity contribution is 5.30. The van der Waals surface area contributed by atoms with E-state index < -0.39 is 0 Å². The largest absolute Gasteiger partial charge is 0.312 e. The van der Waals surface area contributed by atoms with E-state index >= 15 is 0 Å². The van der Waals surface area contributed by atoms with Crippen molar-refractivity contribution in [1.82, 2.24) is 15.1 Å². The number of nitrogens with one attached hydrogen (secondary N) is 1. The zero-order chi connectivity index (χ0) is 15.4. The molecular formula is C18H31N3. The van der Waals surface area contributed by atoms with Gasteiger partial charge in [-0.2, -0.15) is 0 Å². The predicted molar refractivity (Wildman–Crippen MR) is 90.9 cm³/mol. The fraction of sp³-hybridized carbons (Fsp3) is 0.667. The molecule has 21 heavy (non-hydrogen) atoms. The summed E-state index contributed by atoms with van der Waals surface area (Å²) in [6.45, 7) is 7.89. The summed E-state index contributed by atoms with van der Waals surface area (Å²) in [5.41, 5.74) is 4.13. The van der Waals surface area contributed by atoms with Gasteiger partial charge < -0.3 is 10.2 Å². The molecule has 0 spiro atoms. The molecule has 3 heteroatoms. The standard InChI is InChI=1S/C18H31N3/c1-14-9-15(2)11-16(10-14)18(19-3)13-21-8-6-7-17(12-21)20(4)5/h9-11,17-19H,6-8,12-13H2,1-5H3. The molecule has 0 amide bonds. The highest BCUT2D eigenvalue weighted by Gasteiger charge is 2.23. The summed E-state index contributed by atoms with van der Waals surface area (Å²) in [7, 11) is 6.48. The summed E-state index contributed by atoms with van der Waals surface area (Å²) in [6, 6.07) is 8.02. The van der Waals surface area contributed by atoms with Gasteiger partial charge in [0, 0.05) is 25.2 Å². The van der Waals surface area contributed by atoms with Gasteiger partial charge in [0.1, 0.15) is 0 Å². The van der Waals surface area contributed by atoms with Gasteiger partial charge in [-0.05, 0) is 59.9 Å². The second-order valence-corrected chi connectivity index (χ2v) is 6.78. The predicted octanol–water partition coefficient (Wildman–Crippen LogP) is 2.59. The topological polar surface area (TPSA) is 18.5 Å². The van der Waals surface area contributed by atoms with Gasteiger partial charge in [-0.3, -0.25) is 4.90 Å². The molecule has 2 unspecified atom stereocenters. The molecule has 2 atom stereocenters. The number of likely N-dealkylation sites (tertiary alicyclic amines) is 1. The van der Waals surface area contributed by atoms with Crippen LogP contribution in [0, 0.1) is 13.8 Å². The van der Waals surface area contributed by atoms with Crippen LogP contribution < -0.4 is 5.32 Å². The van der Waals surface area contributed by atoms with Crippen molar-refractivity contribution in [2.24, 2.45) is 0 Å². The maximum Gasteiger partial charge on any atom is 0.0447 e. The van der Waals surface area contributed by atoms with E-state index in [-0.39, 0.29) is 0 Å². The fourth-order valence-corrected chi connectivity index (χ4v) is 3.45. The molecule has 1 aromatic rings. The first-order chi connectivity index (χ1) is 9.99. The van der Waals surface area contributed by atoms with Crippen molar-refractivity contribution in [3.05, 3.63) is 34.9 Å². The number of nitrogens with zero attached hydrogens (tertiary/aromatic N) is 2. The van der Waals surface area contributed by atoms with Crippen LogP contribution in [0.25, 0.3) is 0 Å². The molecule has 1 saturated heterocycles. The third-order valence-corrected chi connectivity index (χ3v) is 4.65. The van der Waals surface area contributed by atoms with E-state index in [1.807, 2.05) is 0 Å². The van der Waals surface area contributed by atoms with Gasteiger partial charge in [0.25, 0.3) is 0 Å². The van der Waals surface area contributed by atoms with Gasteiger partial charge >= 0.3 is 0 Å². The Morgan fingerprint density at radius 2 is 1.90 bits per heavy atom. The third-order valence-electron chi connectivity index (χ3n) is 4.65. The van der Waals surface area contributed by atoms with Crippen LogP contribution in [-0.4, -0.2) is 56.6 Å². The summed E-state index contributed by atoms with van der Waals surface area (Å²) in [5.74, 6) is 0. The maximum atomic E-state index is 3.51. The zero-order valence-electron chi connectivity index (χ0n) is 14.3. The minimum Gasteiger partial charge on any atom is -0.312 e. The summed E-state index contributed by atoms with van der Waals surface area (Å²) < 4.78 is 0. The van der Waals surface area contributed by atoms with Crippen LogP contribution in [0.1, 0.15) is 35.6 Å². The Bertz CT molecular complexity index is 436. The number of piperidine rings is 1. The smallest absolute Gasteiger partial charge is 0.0447 e. The number of rotatable bonds is 5. The van der Waals surface area contributed by atoms with Crippen molar-refractivity contribution in [2.45, 2.75) is 38.8 Å². The summed E-state index contributed by atoms with van der Waals surface area (Å²) >= 11 is 0. The first-order valence-electron chi connectivity index (χ1n) is 8.14. The van der Waals surface area contributed by atoms with Crippen molar-refractivity contribution in [1.29, 1.82) is 0 Å². The highest BCUT2D eigenvalue weighted by Crippen LogP contribution is 2.21. The third kappa shape index (κ3) is 4.53. The average molecular weight is 289 g/mol. The van der Waals surface area contributed by atoms with Crippen molar-refractivity contribution < 1.29 is 0 Å². The molecule has 1 aliphatic heterocycles. The Balaban J connectivity index is 2.04. The Labute approximate surface area is 130 Å². The highest BCUT2D eigenvalue weighted by atomic mass is 15.2. The molecular weight excluding hydrogens is 258 g/mol. The van der Waals surface area contributed by atoms with Crippen molar-refractivity contribution >= 4 is 0 Å². The summed E-state index contributed by atoms with van der Waals surface area (Å²) in [5, 5.41) is 3.51. The van der Waals surface area contributed by atoms with E-state index in [0.29, 0.717) is 12.1 Å². The Morgan fingerprint density at radius 1 is 1.24 bits per heavy atom. The molecule has 0 aliphatic carbocycles.